The number of nitrogens with zero attached hydrogens (tertiary/aromatic N) is 1. The molecule has 4 N–H and O–H groups in total. The van der Waals surface area contributed by atoms with Gasteiger partial charge in [0.1, 0.15) is 0 Å². The first-order valence-electron chi connectivity index (χ1n) is 7.45. The van der Waals surface area contributed by atoms with Gasteiger partial charge in [-0.1, -0.05) is 6.42 Å². The molecular formula is C16H23N3O. The average Bonchev–Trinajstić information content (AvgIpc) is 3.00. The van der Waals surface area contributed by atoms with Crippen LogP contribution in [-0.2, 0) is 0 Å². The average molecular weight is 273 g/mol. The van der Waals surface area contributed by atoms with Crippen LogP contribution < -0.4 is 11.5 Å². The summed E-state index contributed by atoms with van der Waals surface area (Å²) in [5.41, 5.74) is 13.2. The van der Waals surface area contributed by atoms with Crippen molar-refractivity contribution in [1.82, 2.24) is 4.90 Å². The van der Waals surface area contributed by atoms with E-state index < -0.39 is 0 Å². The second-order valence-corrected chi connectivity index (χ2v) is 6.47. The molecular weight excluding hydrogens is 250 g/mol. The zero-order valence-electron chi connectivity index (χ0n) is 12.0. The smallest absolute Gasteiger partial charge is 0.255 e. The lowest BCUT2D eigenvalue weighted by atomic mass is 9.88. The molecule has 2 aliphatic carbocycles. The van der Waals surface area contributed by atoms with E-state index in [1.165, 1.54) is 25.7 Å². The summed E-state index contributed by atoms with van der Waals surface area (Å²) >= 11 is 0. The quantitative estimate of drug-likeness (QED) is 0.830. The maximum atomic E-state index is 12.5. The fourth-order valence-corrected chi connectivity index (χ4v) is 4.02. The molecule has 0 radical (unpaired) electrons. The lowest BCUT2D eigenvalue weighted by Crippen LogP contribution is -2.34. The molecule has 2 fully saturated rings. The molecule has 4 nitrogen and oxygen atoms in total. The van der Waals surface area contributed by atoms with Gasteiger partial charge in [-0.2, -0.15) is 0 Å². The molecule has 3 atom stereocenters. The van der Waals surface area contributed by atoms with Gasteiger partial charge in [0.15, 0.2) is 0 Å². The molecule has 20 heavy (non-hydrogen) atoms. The number of anilines is 2. The maximum absolute atomic E-state index is 12.5. The number of hydrogen-bond donors (Lipinski definition) is 2. The number of nitrogen functional groups attached to an aromatic ring is 2. The Balaban J connectivity index is 1.67. The predicted molar refractivity (Wildman–Crippen MR) is 81.2 cm³/mol. The van der Waals surface area contributed by atoms with E-state index in [-0.39, 0.29) is 5.91 Å². The molecule has 0 aliphatic heterocycles. The summed E-state index contributed by atoms with van der Waals surface area (Å²) in [6.45, 7) is 0.851. The number of fused-ring (bicyclic) bond motifs is 2. The van der Waals surface area contributed by atoms with E-state index in [1.807, 2.05) is 11.9 Å². The number of carbonyl (C=O) groups is 1. The molecule has 4 heteroatoms. The van der Waals surface area contributed by atoms with E-state index in [0.29, 0.717) is 22.9 Å². The van der Waals surface area contributed by atoms with Gasteiger partial charge < -0.3 is 16.4 Å². The van der Waals surface area contributed by atoms with Crippen molar-refractivity contribution in [3.63, 3.8) is 0 Å². The molecule has 3 unspecified atom stereocenters. The van der Waals surface area contributed by atoms with Crippen LogP contribution in [0.25, 0.3) is 0 Å². The van der Waals surface area contributed by atoms with Gasteiger partial charge in [-0.15, -0.1) is 0 Å². The first-order valence-corrected chi connectivity index (χ1v) is 7.45. The topological polar surface area (TPSA) is 72.3 Å². The van der Waals surface area contributed by atoms with Gasteiger partial charge in [0.2, 0.25) is 0 Å². The highest BCUT2D eigenvalue weighted by atomic mass is 16.2. The van der Waals surface area contributed by atoms with Crippen LogP contribution in [-0.4, -0.2) is 24.4 Å². The van der Waals surface area contributed by atoms with Crippen LogP contribution in [0.3, 0.4) is 0 Å². The molecule has 2 aliphatic rings. The largest absolute Gasteiger partial charge is 0.399 e. The molecule has 1 aromatic rings. The van der Waals surface area contributed by atoms with Crippen molar-refractivity contribution in [1.29, 1.82) is 0 Å². The van der Waals surface area contributed by atoms with Crippen LogP contribution in [0.2, 0.25) is 0 Å². The molecule has 0 aromatic heterocycles. The van der Waals surface area contributed by atoms with Crippen molar-refractivity contribution in [3.8, 4) is 0 Å². The van der Waals surface area contributed by atoms with E-state index >= 15 is 0 Å². The van der Waals surface area contributed by atoms with E-state index in [2.05, 4.69) is 0 Å². The monoisotopic (exact) mass is 273 g/mol. The Morgan fingerprint density at radius 1 is 1.30 bits per heavy atom. The number of amides is 1. The van der Waals surface area contributed by atoms with Crippen LogP contribution in [0.4, 0.5) is 11.4 Å². The third-order valence-electron chi connectivity index (χ3n) is 5.05. The number of carbonyl (C=O) groups excluding carboxylic acids is 1. The van der Waals surface area contributed by atoms with Crippen molar-refractivity contribution in [2.24, 2.45) is 17.8 Å². The number of hydrogen-bond acceptors (Lipinski definition) is 3. The van der Waals surface area contributed by atoms with Crippen LogP contribution in [0.1, 0.15) is 36.0 Å². The molecule has 0 spiro atoms. The van der Waals surface area contributed by atoms with E-state index in [4.69, 9.17) is 11.5 Å². The zero-order chi connectivity index (χ0) is 14.3. The molecule has 2 saturated carbocycles. The van der Waals surface area contributed by atoms with Gasteiger partial charge >= 0.3 is 0 Å². The fourth-order valence-electron chi connectivity index (χ4n) is 4.02. The van der Waals surface area contributed by atoms with E-state index in [1.54, 1.807) is 18.2 Å². The Morgan fingerprint density at radius 2 is 2.10 bits per heavy atom. The van der Waals surface area contributed by atoms with Crippen LogP contribution in [0, 0.1) is 17.8 Å². The summed E-state index contributed by atoms with van der Waals surface area (Å²) in [6.07, 6.45) is 5.40. The van der Waals surface area contributed by atoms with Gasteiger partial charge in [0.05, 0.1) is 5.56 Å². The Bertz CT molecular complexity index is 528. The molecule has 2 bridgehead atoms. The summed E-state index contributed by atoms with van der Waals surface area (Å²) in [6, 6.07) is 5.11. The van der Waals surface area contributed by atoms with Gasteiger partial charge in [-0.3, -0.25) is 4.79 Å². The van der Waals surface area contributed by atoms with E-state index in [9.17, 15) is 4.79 Å². The Morgan fingerprint density at radius 3 is 2.70 bits per heavy atom. The predicted octanol–water partition coefficient (Wildman–Crippen LogP) is 2.36. The van der Waals surface area contributed by atoms with Crippen molar-refractivity contribution in [2.45, 2.75) is 25.7 Å². The summed E-state index contributed by atoms with van der Waals surface area (Å²) in [4.78, 5) is 14.3. The first kappa shape index (κ1) is 13.3. The molecule has 0 saturated heterocycles. The zero-order valence-corrected chi connectivity index (χ0v) is 12.0. The maximum Gasteiger partial charge on any atom is 0.255 e. The highest BCUT2D eigenvalue weighted by Gasteiger charge is 2.40. The normalized spacial score (nSPS) is 27.8. The Labute approximate surface area is 120 Å². The summed E-state index contributed by atoms with van der Waals surface area (Å²) in [7, 11) is 1.88. The lowest BCUT2D eigenvalue weighted by Gasteiger charge is -2.27. The third kappa shape index (κ3) is 2.35. The highest BCUT2D eigenvalue weighted by Crippen LogP contribution is 2.48. The minimum absolute atomic E-state index is 0.00488. The minimum atomic E-state index is 0.00488. The summed E-state index contributed by atoms with van der Waals surface area (Å²) < 4.78 is 0. The van der Waals surface area contributed by atoms with Gasteiger partial charge in [0.25, 0.3) is 5.91 Å². The minimum Gasteiger partial charge on any atom is -0.399 e. The first-order chi connectivity index (χ1) is 9.54. The van der Waals surface area contributed by atoms with Gasteiger partial charge in [-0.05, 0) is 55.2 Å². The van der Waals surface area contributed by atoms with Crippen LogP contribution >= 0.6 is 0 Å². The highest BCUT2D eigenvalue weighted by molar-refractivity contribution is 5.99. The molecule has 0 heterocycles. The SMILES string of the molecule is CN(CC1CC2CCC1C2)C(=O)c1ccc(N)cc1N. The third-order valence-corrected chi connectivity index (χ3v) is 5.05. The fraction of sp³-hybridized carbons (Fsp3) is 0.562. The van der Waals surface area contributed by atoms with Crippen LogP contribution in [0.5, 0.6) is 0 Å². The van der Waals surface area contributed by atoms with Crippen molar-refractivity contribution < 1.29 is 4.79 Å². The molecule has 3 rings (SSSR count). The van der Waals surface area contributed by atoms with E-state index in [0.717, 1.165) is 18.4 Å². The Hall–Kier alpha value is -1.71. The summed E-state index contributed by atoms with van der Waals surface area (Å²) in [5, 5.41) is 0. The number of benzene rings is 1. The van der Waals surface area contributed by atoms with Gasteiger partial charge in [0, 0.05) is 25.0 Å². The molecule has 1 amide bonds. The summed E-state index contributed by atoms with van der Waals surface area (Å²) in [5.74, 6) is 2.43. The molecule has 1 aromatic carbocycles. The molecule has 108 valence electrons. The van der Waals surface area contributed by atoms with Crippen LogP contribution in [0.15, 0.2) is 18.2 Å². The second-order valence-electron chi connectivity index (χ2n) is 6.47. The van der Waals surface area contributed by atoms with Crippen molar-refractivity contribution in [3.05, 3.63) is 23.8 Å². The standard InChI is InChI=1S/C16H23N3O/c1-19(9-12-7-10-2-3-11(12)6-10)16(20)14-5-4-13(17)8-15(14)18/h4-5,8,10-12H,2-3,6-7,9,17-18H2,1H3. The van der Waals surface area contributed by atoms with Gasteiger partial charge in [-0.25, -0.2) is 0 Å². The number of rotatable bonds is 3. The van der Waals surface area contributed by atoms with Crippen molar-refractivity contribution >= 4 is 17.3 Å². The van der Waals surface area contributed by atoms with Crippen molar-refractivity contribution in [2.75, 3.05) is 25.1 Å². The Kier molecular flexibility index (Phi) is 3.32. The second kappa shape index (κ2) is 5.00. The number of nitrogens with two attached hydrogens (primary N) is 2. The lowest BCUT2D eigenvalue weighted by molar-refractivity contribution is 0.0755.